The quantitative estimate of drug-likeness (QED) is 0.774. The number of rotatable bonds is 4. The van der Waals surface area contributed by atoms with Crippen molar-refractivity contribution in [1.29, 1.82) is 0 Å². The number of nitrogens with two attached hydrogens (primary N) is 1. The van der Waals surface area contributed by atoms with Gasteiger partial charge in [-0.1, -0.05) is 5.92 Å². The normalized spacial score (nSPS) is 14.6. The molecular formula is C12H14N6. The monoisotopic (exact) mass is 242 g/mol. The number of imidazole rings is 1. The van der Waals surface area contributed by atoms with Crippen LogP contribution in [0.15, 0.2) is 6.33 Å². The molecule has 0 aliphatic heterocycles. The zero-order valence-corrected chi connectivity index (χ0v) is 9.93. The lowest BCUT2D eigenvalue weighted by molar-refractivity contribution is 0.757. The molecule has 6 nitrogen and oxygen atoms in total. The van der Waals surface area contributed by atoms with Crippen LogP contribution in [-0.2, 0) is 0 Å². The minimum atomic E-state index is 0.224. The first-order valence-electron chi connectivity index (χ1n) is 5.93. The maximum atomic E-state index is 5.71. The Morgan fingerprint density at radius 1 is 1.50 bits per heavy atom. The number of nitrogen functional groups attached to an aromatic ring is 1. The predicted octanol–water partition coefficient (Wildman–Crippen LogP) is 0.785. The lowest BCUT2D eigenvalue weighted by Crippen LogP contribution is -2.27. The van der Waals surface area contributed by atoms with Gasteiger partial charge in [-0.2, -0.15) is 9.97 Å². The molecule has 6 heteroatoms. The van der Waals surface area contributed by atoms with E-state index in [2.05, 4.69) is 30.8 Å². The molecule has 0 radical (unpaired) electrons. The Bertz CT molecular complexity index is 607. The van der Waals surface area contributed by atoms with Gasteiger partial charge in [0.25, 0.3) is 0 Å². The third-order valence-electron chi connectivity index (χ3n) is 3.04. The fourth-order valence-corrected chi connectivity index (χ4v) is 2.01. The van der Waals surface area contributed by atoms with Gasteiger partial charge in [-0.3, -0.25) is 0 Å². The van der Waals surface area contributed by atoms with E-state index in [0.717, 1.165) is 17.9 Å². The molecule has 1 aliphatic carbocycles. The van der Waals surface area contributed by atoms with Gasteiger partial charge in [0, 0.05) is 6.54 Å². The van der Waals surface area contributed by atoms with Crippen LogP contribution in [0.5, 0.6) is 0 Å². The zero-order valence-electron chi connectivity index (χ0n) is 9.93. The van der Waals surface area contributed by atoms with Crippen LogP contribution >= 0.6 is 0 Å². The molecular weight excluding hydrogens is 228 g/mol. The number of hydrogen-bond donors (Lipinski definition) is 2. The second kappa shape index (κ2) is 4.18. The molecule has 0 bridgehead atoms. The number of terminal acetylenes is 1. The Hall–Kier alpha value is -2.29. The van der Waals surface area contributed by atoms with Gasteiger partial charge in [0.15, 0.2) is 11.5 Å². The van der Waals surface area contributed by atoms with E-state index in [1.54, 1.807) is 6.33 Å². The molecule has 3 N–H and O–H groups in total. The number of fused-ring (bicyclic) bond motifs is 1. The number of H-pyrrole nitrogens is 1. The standard InChI is InChI=1S/C12H14N6/c1-2-5-18(6-8-3-4-8)11-9-10(15-7-14-9)16-12(13)17-11/h1,7-8H,3-6H2,(H3,13,14,15,16,17). The highest BCUT2D eigenvalue weighted by molar-refractivity contribution is 5.84. The summed E-state index contributed by atoms with van der Waals surface area (Å²) >= 11 is 0. The molecule has 1 fully saturated rings. The van der Waals surface area contributed by atoms with Crippen molar-refractivity contribution in [1.82, 2.24) is 19.9 Å². The van der Waals surface area contributed by atoms with Crippen LogP contribution in [0.3, 0.4) is 0 Å². The average Bonchev–Trinajstić information content (AvgIpc) is 3.03. The van der Waals surface area contributed by atoms with E-state index in [4.69, 9.17) is 12.2 Å². The molecule has 2 heterocycles. The summed E-state index contributed by atoms with van der Waals surface area (Å²) in [7, 11) is 0. The van der Waals surface area contributed by atoms with E-state index in [9.17, 15) is 0 Å². The van der Waals surface area contributed by atoms with Gasteiger partial charge in [-0.05, 0) is 18.8 Å². The summed E-state index contributed by atoms with van der Waals surface area (Å²) in [5.74, 6) is 4.36. The van der Waals surface area contributed by atoms with E-state index in [1.165, 1.54) is 12.8 Å². The molecule has 2 aromatic rings. The van der Waals surface area contributed by atoms with Crippen LogP contribution < -0.4 is 10.6 Å². The highest BCUT2D eigenvalue weighted by atomic mass is 15.2. The molecule has 3 rings (SSSR count). The third-order valence-corrected chi connectivity index (χ3v) is 3.04. The van der Waals surface area contributed by atoms with Crippen LogP contribution in [0.2, 0.25) is 0 Å². The Labute approximate surface area is 105 Å². The topological polar surface area (TPSA) is 83.7 Å². The summed E-state index contributed by atoms with van der Waals surface area (Å²) in [6.07, 6.45) is 9.53. The molecule has 0 spiro atoms. The Morgan fingerprint density at radius 3 is 3.06 bits per heavy atom. The molecule has 18 heavy (non-hydrogen) atoms. The SMILES string of the molecule is C#CCN(CC1CC1)c1nc(N)nc2nc[nH]c12. The van der Waals surface area contributed by atoms with Crippen molar-refractivity contribution in [2.24, 2.45) is 5.92 Å². The number of aromatic amines is 1. The maximum Gasteiger partial charge on any atom is 0.224 e. The smallest absolute Gasteiger partial charge is 0.224 e. The van der Waals surface area contributed by atoms with Gasteiger partial charge < -0.3 is 15.6 Å². The summed E-state index contributed by atoms with van der Waals surface area (Å²) in [6.45, 7) is 1.43. The fourth-order valence-electron chi connectivity index (χ4n) is 2.01. The van der Waals surface area contributed by atoms with Crippen LogP contribution in [0, 0.1) is 18.3 Å². The fraction of sp³-hybridized carbons (Fsp3) is 0.417. The van der Waals surface area contributed by atoms with Crippen molar-refractivity contribution in [3.8, 4) is 12.3 Å². The molecule has 0 aromatic carbocycles. The molecule has 1 saturated carbocycles. The minimum Gasteiger partial charge on any atom is -0.368 e. The molecule has 1 aliphatic rings. The second-order valence-electron chi connectivity index (χ2n) is 4.53. The van der Waals surface area contributed by atoms with Gasteiger partial charge >= 0.3 is 0 Å². The Morgan fingerprint density at radius 2 is 2.33 bits per heavy atom. The first-order valence-corrected chi connectivity index (χ1v) is 5.93. The van der Waals surface area contributed by atoms with Crippen molar-refractivity contribution in [3.63, 3.8) is 0 Å². The molecule has 0 unspecified atom stereocenters. The number of hydrogen-bond acceptors (Lipinski definition) is 5. The number of aromatic nitrogens is 4. The molecule has 0 saturated heterocycles. The van der Waals surface area contributed by atoms with Crippen molar-refractivity contribution in [2.75, 3.05) is 23.7 Å². The summed E-state index contributed by atoms with van der Waals surface area (Å²) < 4.78 is 0. The van der Waals surface area contributed by atoms with Crippen LogP contribution in [0.4, 0.5) is 11.8 Å². The Kier molecular flexibility index (Phi) is 2.52. The summed E-state index contributed by atoms with van der Waals surface area (Å²) in [5, 5.41) is 0. The van der Waals surface area contributed by atoms with Crippen LogP contribution in [0.25, 0.3) is 11.2 Å². The molecule has 0 atom stereocenters. The summed E-state index contributed by atoms with van der Waals surface area (Å²) in [6, 6.07) is 0. The summed E-state index contributed by atoms with van der Waals surface area (Å²) in [5.41, 5.74) is 7.08. The van der Waals surface area contributed by atoms with Gasteiger partial charge in [-0.25, -0.2) is 4.98 Å². The molecule has 92 valence electrons. The third kappa shape index (κ3) is 1.95. The van der Waals surface area contributed by atoms with Crippen molar-refractivity contribution >= 4 is 22.9 Å². The van der Waals surface area contributed by atoms with E-state index in [0.29, 0.717) is 18.1 Å². The van der Waals surface area contributed by atoms with Gasteiger partial charge in [0.1, 0.15) is 5.52 Å². The lowest BCUT2D eigenvalue weighted by Gasteiger charge is -2.21. The zero-order chi connectivity index (χ0) is 12.5. The largest absolute Gasteiger partial charge is 0.368 e. The molecule has 0 amide bonds. The van der Waals surface area contributed by atoms with E-state index in [-0.39, 0.29) is 5.95 Å². The van der Waals surface area contributed by atoms with Gasteiger partial charge in [-0.15, -0.1) is 6.42 Å². The number of anilines is 2. The molecule has 2 aromatic heterocycles. The second-order valence-corrected chi connectivity index (χ2v) is 4.53. The maximum absolute atomic E-state index is 5.71. The van der Waals surface area contributed by atoms with Gasteiger partial charge in [0.2, 0.25) is 5.95 Å². The average molecular weight is 242 g/mol. The first kappa shape index (κ1) is 10.8. The first-order chi connectivity index (χ1) is 8.78. The van der Waals surface area contributed by atoms with Crippen LogP contribution in [0.1, 0.15) is 12.8 Å². The highest BCUT2D eigenvalue weighted by Crippen LogP contribution is 2.32. The van der Waals surface area contributed by atoms with Crippen molar-refractivity contribution in [2.45, 2.75) is 12.8 Å². The van der Waals surface area contributed by atoms with Crippen molar-refractivity contribution in [3.05, 3.63) is 6.33 Å². The minimum absolute atomic E-state index is 0.224. The lowest BCUT2D eigenvalue weighted by atomic mass is 10.3. The highest BCUT2D eigenvalue weighted by Gasteiger charge is 2.26. The summed E-state index contributed by atoms with van der Waals surface area (Å²) in [4.78, 5) is 17.6. The van der Waals surface area contributed by atoms with Crippen molar-refractivity contribution < 1.29 is 0 Å². The van der Waals surface area contributed by atoms with E-state index in [1.807, 2.05) is 0 Å². The number of nitrogens with zero attached hydrogens (tertiary/aromatic N) is 4. The van der Waals surface area contributed by atoms with Gasteiger partial charge in [0.05, 0.1) is 12.9 Å². The number of nitrogens with one attached hydrogen (secondary N) is 1. The van der Waals surface area contributed by atoms with E-state index >= 15 is 0 Å². The van der Waals surface area contributed by atoms with E-state index < -0.39 is 0 Å². The predicted molar refractivity (Wildman–Crippen MR) is 69.9 cm³/mol. The Balaban J connectivity index is 2.03. The van der Waals surface area contributed by atoms with Crippen LogP contribution in [-0.4, -0.2) is 33.0 Å².